The molecule has 1 aromatic heterocycles. The van der Waals surface area contributed by atoms with Crippen LogP contribution in [-0.2, 0) is 12.3 Å². The first-order valence-electron chi connectivity index (χ1n) is 7.74. The third-order valence-electron chi connectivity index (χ3n) is 2.83. The molecular weight excluding hydrogens is 332 g/mol. The average molecular weight is 358 g/mol. The maximum Gasteiger partial charge on any atom is 0.259 e. The summed E-state index contributed by atoms with van der Waals surface area (Å²) < 4.78 is 5.72. The summed E-state index contributed by atoms with van der Waals surface area (Å²) in [6, 6.07) is 3.95. The van der Waals surface area contributed by atoms with E-state index in [1.165, 1.54) is 0 Å². The van der Waals surface area contributed by atoms with E-state index < -0.39 is 11.0 Å². The minimum atomic E-state index is -0.613. The molecule has 1 heterocycles. The van der Waals surface area contributed by atoms with Gasteiger partial charge < -0.3 is 19.7 Å². The van der Waals surface area contributed by atoms with Crippen molar-refractivity contribution < 1.29 is 14.4 Å². The molecule has 0 aliphatic carbocycles. The third-order valence-corrected chi connectivity index (χ3v) is 3.82. The van der Waals surface area contributed by atoms with Gasteiger partial charge >= 0.3 is 0 Å². The van der Waals surface area contributed by atoms with Crippen LogP contribution in [0.15, 0.2) is 21.5 Å². The van der Waals surface area contributed by atoms with Crippen LogP contribution in [0.25, 0.3) is 0 Å². The molecule has 0 aromatic carbocycles. The van der Waals surface area contributed by atoms with E-state index >= 15 is 0 Å². The highest BCUT2D eigenvalue weighted by molar-refractivity contribution is 7.98. The van der Waals surface area contributed by atoms with Gasteiger partial charge in [0.2, 0.25) is 0 Å². The number of hydrogen-bond donors (Lipinski definition) is 2. The quantitative estimate of drug-likeness (QED) is 0.201. The summed E-state index contributed by atoms with van der Waals surface area (Å²) in [5.74, 6) is 3.68. The molecule has 9 heteroatoms. The number of aliphatic hydroxyl groups excluding tert-OH is 1. The number of aliphatic imine (C=N–C) groups is 1. The number of hydrogen-bond acceptors (Lipinski definition) is 7. The first kappa shape index (κ1) is 20.5. The van der Waals surface area contributed by atoms with Gasteiger partial charge in [-0.05, 0) is 33.2 Å². The van der Waals surface area contributed by atoms with E-state index in [2.05, 4.69) is 10.3 Å². The average Bonchev–Trinajstić information content (AvgIpc) is 2.90. The molecule has 1 aromatic rings. The topological polar surface area (TPSA) is 104 Å². The van der Waals surface area contributed by atoms with E-state index in [0.717, 1.165) is 29.6 Å². The van der Waals surface area contributed by atoms with Crippen molar-refractivity contribution in [3.63, 3.8) is 0 Å². The maximum atomic E-state index is 10.6. The van der Waals surface area contributed by atoms with E-state index in [1.54, 1.807) is 18.7 Å². The SMILES string of the molecule is CC(O)CN=C(C[N+](=O)[O-])NCCSCc1ccc(CN(C)C)o1. The number of amidine groups is 1. The molecule has 0 saturated heterocycles. The fourth-order valence-electron chi connectivity index (χ4n) is 1.86. The molecule has 0 bridgehead atoms. The molecule has 0 amide bonds. The van der Waals surface area contributed by atoms with E-state index in [-0.39, 0.29) is 13.1 Å². The molecule has 1 unspecified atom stereocenters. The van der Waals surface area contributed by atoms with Gasteiger partial charge in [-0.15, -0.1) is 0 Å². The van der Waals surface area contributed by atoms with Crippen LogP contribution >= 0.6 is 11.8 Å². The Morgan fingerprint density at radius 1 is 1.50 bits per heavy atom. The fraction of sp³-hybridized carbons (Fsp3) is 0.667. The van der Waals surface area contributed by atoms with E-state index in [9.17, 15) is 15.2 Å². The summed E-state index contributed by atoms with van der Waals surface area (Å²) in [4.78, 5) is 16.2. The second-order valence-corrected chi connectivity index (χ2v) is 6.82. The number of nitrogens with zero attached hydrogens (tertiary/aromatic N) is 3. The molecule has 8 nitrogen and oxygen atoms in total. The van der Waals surface area contributed by atoms with Gasteiger partial charge in [0.25, 0.3) is 6.54 Å². The third kappa shape index (κ3) is 9.53. The molecule has 24 heavy (non-hydrogen) atoms. The summed E-state index contributed by atoms with van der Waals surface area (Å²) in [6.07, 6.45) is -0.613. The summed E-state index contributed by atoms with van der Waals surface area (Å²) >= 11 is 1.68. The molecule has 0 aliphatic heterocycles. The van der Waals surface area contributed by atoms with Crippen LogP contribution in [-0.4, -0.2) is 66.4 Å². The Labute approximate surface area is 146 Å². The molecule has 0 fully saturated rings. The lowest BCUT2D eigenvalue weighted by Gasteiger charge is -2.07. The van der Waals surface area contributed by atoms with Gasteiger partial charge in [0, 0.05) is 17.2 Å². The standard InChI is InChI=1S/C15H26N4O4S/c1-12(20)8-17-15(10-19(21)22)16-6-7-24-11-14-5-4-13(23-14)9-18(2)3/h4-5,12,20H,6-11H2,1-3H3,(H,16,17). The van der Waals surface area contributed by atoms with E-state index in [4.69, 9.17) is 4.42 Å². The van der Waals surface area contributed by atoms with Crippen molar-refractivity contribution in [1.29, 1.82) is 0 Å². The van der Waals surface area contributed by atoms with Crippen LogP contribution in [0, 0.1) is 10.1 Å². The van der Waals surface area contributed by atoms with Crippen LogP contribution < -0.4 is 5.32 Å². The molecule has 1 atom stereocenters. The Kier molecular flexibility index (Phi) is 9.43. The lowest BCUT2D eigenvalue weighted by atomic mass is 10.4. The van der Waals surface area contributed by atoms with E-state index in [1.807, 2.05) is 31.1 Å². The zero-order valence-electron chi connectivity index (χ0n) is 14.4. The van der Waals surface area contributed by atoms with Crippen molar-refractivity contribution in [3.8, 4) is 0 Å². The van der Waals surface area contributed by atoms with Gasteiger partial charge in [0.05, 0.1) is 24.9 Å². The van der Waals surface area contributed by atoms with E-state index in [0.29, 0.717) is 12.4 Å². The summed E-state index contributed by atoms with van der Waals surface area (Å²) in [7, 11) is 3.98. The summed E-state index contributed by atoms with van der Waals surface area (Å²) in [6.45, 7) is 2.74. The summed E-state index contributed by atoms with van der Waals surface area (Å²) in [5.41, 5.74) is 0. The maximum absolute atomic E-state index is 10.6. The molecule has 0 radical (unpaired) electrons. The number of furan rings is 1. The molecule has 0 spiro atoms. The Balaban J connectivity index is 2.28. The van der Waals surface area contributed by atoms with Crippen LogP contribution in [0.2, 0.25) is 0 Å². The first-order valence-corrected chi connectivity index (χ1v) is 8.89. The van der Waals surface area contributed by atoms with Gasteiger partial charge in [0.1, 0.15) is 11.5 Å². The van der Waals surface area contributed by atoms with Gasteiger partial charge in [-0.3, -0.25) is 15.1 Å². The lowest BCUT2D eigenvalue weighted by Crippen LogP contribution is -2.32. The number of thioether (sulfide) groups is 1. The van der Waals surface area contributed by atoms with Gasteiger partial charge in [-0.25, -0.2) is 0 Å². The number of nitrogens with one attached hydrogen (secondary N) is 1. The molecule has 0 saturated carbocycles. The number of nitro groups is 1. The number of aliphatic hydroxyl groups is 1. The second-order valence-electron chi connectivity index (χ2n) is 5.71. The predicted octanol–water partition coefficient (Wildman–Crippen LogP) is 1.22. The molecular formula is C15H26N4O4S. The number of rotatable bonds is 11. The van der Waals surface area contributed by atoms with Gasteiger partial charge in [0.15, 0.2) is 5.84 Å². The van der Waals surface area contributed by atoms with Crippen LogP contribution in [0.5, 0.6) is 0 Å². The van der Waals surface area contributed by atoms with Crippen molar-refractivity contribution >= 4 is 17.6 Å². The fourth-order valence-corrected chi connectivity index (χ4v) is 2.61. The van der Waals surface area contributed by atoms with Gasteiger partial charge in [-0.1, -0.05) is 0 Å². The van der Waals surface area contributed by atoms with Crippen molar-refractivity contribution in [2.45, 2.75) is 25.3 Å². The Hall–Kier alpha value is -1.58. The smallest absolute Gasteiger partial charge is 0.259 e. The highest BCUT2D eigenvalue weighted by atomic mass is 32.2. The lowest BCUT2D eigenvalue weighted by molar-refractivity contribution is -0.463. The molecule has 0 aliphatic rings. The van der Waals surface area contributed by atoms with Gasteiger partial charge in [-0.2, -0.15) is 11.8 Å². The van der Waals surface area contributed by atoms with Crippen LogP contribution in [0.1, 0.15) is 18.4 Å². The molecule has 1 rings (SSSR count). The minimum Gasteiger partial charge on any atom is -0.464 e. The van der Waals surface area contributed by atoms with Crippen molar-refractivity contribution in [2.24, 2.45) is 4.99 Å². The molecule has 136 valence electrons. The largest absolute Gasteiger partial charge is 0.464 e. The normalized spacial score (nSPS) is 13.3. The van der Waals surface area contributed by atoms with Crippen molar-refractivity contribution in [3.05, 3.63) is 33.8 Å². The Morgan fingerprint density at radius 3 is 2.83 bits per heavy atom. The zero-order valence-corrected chi connectivity index (χ0v) is 15.2. The zero-order chi connectivity index (χ0) is 17.9. The first-order chi connectivity index (χ1) is 11.4. The monoisotopic (exact) mass is 358 g/mol. The second kappa shape index (κ2) is 11.1. The highest BCUT2D eigenvalue weighted by Crippen LogP contribution is 2.15. The van der Waals surface area contributed by atoms with Crippen molar-refractivity contribution in [1.82, 2.24) is 10.2 Å². The summed E-state index contributed by atoms with van der Waals surface area (Å²) in [5, 5.41) is 22.8. The predicted molar refractivity (Wildman–Crippen MR) is 96.1 cm³/mol. The Bertz CT molecular complexity index is 531. The molecule has 2 N–H and O–H groups in total. The van der Waals surface area contributed by atoms with Crippen LogP contribution in [0.3, 0.4) is 0 Å². The Morgan fingerprint density at radius 2 is 2.21 bits per heavy atom. The van der Waals surface area contributed by atoms with Crippen molar-refractivity contribution in [2.75, 3.05) is 39.5 Å². The van der Waals surface area contributed by atoms with Crippen LogP contribution in [0.4, 0.5) is 0 Å². The highest BCUT2D eigenvalue weighted by Gasteiger charge is 2.08. The minimum absolute atomic E-state index is 0.157.